The average Bonchev–Trinajstić information content (AvgIpc) is 2.85. The lowest BCUT2D eigenvalue weighted by Gasteiger charge is -2.06. The summed E-state index contributed by atoms with van der Waals surface area (Å²) in [5.41, 5.74) is 0. The largest absolute Gasteiger partial charge is 0.490 e. The highest BCUT2D eigenvalue weighted by atomic mass is 32.2. The standard InChI is InChI=1S/C12H13FN4OS/c1-2-7-17-12(14-15-16-17)19-9-8-18-11-6-4-3-5-10(11)13/h2-6H,1,7-9H2. The number of nitrogens with zero attached hydrogens (tertiary/aromatic N) is 4. The summed E-state index contributed by atoms with van der Waals surface area (Å²) in [5, 5.41) is 12.0. The summed E-state index contributed by atoms with van der Waals surface area (Å²) < 4.78 is 20.3. The highest BCUT2D eigenvalue weighted by Gasteiger charge is 2.06. The molecular formula is C12H13FN4OS. The maximum atomic E-state index is 13.3. The van der Waals surface area contributed by atoms with Crippen LogP contribution in [0.3, 0.4) is 0 Å². The van der Waals surface area contributed by atoms with Gasteiger partial charge in [0.05, 0.1) is 13.2 Å². The minimum Gasteiger partial charge on any atom is -0.490 e. The van der Waals surface area contributed by atoms with Gasteiger partial charge >= 0.3 is 0 Å². The van der Waals surface area contributed by atoms with Gasteiger partial charge in [-0.3, -0.25) is 0 Å². The van der Waals surface area contributed by atoms with Gasteiger partial charge in [0.1, 0.15) is 0 Å². The smallest absolute Gasteiger partial charge is 0.209 e. The lowest BCUT2D eigenvalue weighted by Crippen LogP contribution is -2.04. The number of rotatable bonds is 7. The molecule has 7 heteroatoms. The number of hydrogen-bond donors (Lipinski definition) is 0. The van der Waals surface area contributed by atoms with E-state index < -0.39 is 0 Å². The molecule has 0 spiro atoms. The van der Waals surface area contributed by atoms with Crippen molar-refractivity contribution in [3.05, 3.63) is 42.7 Å². The fourth-order valence-corrected chi connectivity index (χ4v) is 2.09. The van der Waals surface area contributed by atoms with Crippen LogP contribution in [0.1, 0.15) is 0 Å². The second-order valence-corrected chi connectivity index (χ2v) is 4.62. The molecule has 0 bridgehead atoms. The number of aromatic nitrogens is 4. The Labute approximate surface area is 114 Å². The Balaban J connectivity index is 1.79. The Morgan fingerprint density at radius 2 is 2.26 bits per heavy atom. The SMILES string of the molecule is C=CCn1nnnc1SCCOc1ccccc1F. The molecule has 2 rings (SSSR count). The van der Waals surface area contributed by atoms with Crippen molar-refractivity contribution < 1.29 is 9.13 Å². The molecule has 0 aliphatic rings. The maximum Gasteiger partial charge on any atom is 0.209 e. The van der Waals surface area contributed by atoms with Gasteiger partial charge in [-0.05, 0) is 22.6 Å². The molecule has 1 aromatic carbocycles. The zero-order chi connectivity index (χ0) is 13.5. The zero-order valence-corrected chi connectivity index (χ0v) is 11.0. The normalized spacial score (nSPS) is 10.4. The molecule has 0 fully saturated rings. The van der Waals surface area contributed by atoms with E-state index >= 15 is 0 Å². The summed E-state index contributed by atoms with van der Waals surface area (Å²) in [6, 6.07) is 6.32. The molecular weight excluding hydrogens is 267 g/mol. The Morgan fingerprint density at radius 1 is 1.42 bits per heavy atom. The molecule has 0 atom stereocenters. The van der Waals surface area contributed by atoms with E-state index in [-0.39, 0.29) is 11.6 Å². The van der Waals surface area contributed by atoms with E-state index in [9.17, 15) is 4.39 Å². The van der Waals surface area contributed by atoms with Crippen molar-refractivity contribution in [1.29, 1.82) is 0 Å². The predicted octanol–water partition coefficient (Wildman–Crippen LogP) is 2.17. The number of thioether (sulfide) groups is 1. The number of para-hydroxylation sites is 1. The second-order valence-electron chi connectivity index (χ2n) is 3.56. The Hall–Kier alpha value is -1.89. The fraction of sp³-hybridized carbons (Fsp3) is 0.250. The van der Waals surface area contributed by atoms with Crippen LogP contribution in [0.15, 0.2) is 42.1 Å². The van der Waals surface area contributed by atoms with Crippen molar-refractivity contribution in [1.82, 2.24) is 20.2 Å². The van der Waals surface area contributed by atoms with Crippen LogP contribution < -0.4 is 4.74 Å². The third-order valence-corrected chi connectivity index (χ3v) is 3.13. The fourth-order valence-electron chi connectivity index (χ4n) is 1.38. The summed E-state index contributed by atoms with van der Waals surface area (Å²) in [6.07, 6.45) is 1.72. The van der Waals surface area contributed by atoms with Crippen molar-refractivity contribution >= 4 is 11.8 Å². The van der Waals surface area contributed by atoms with E-state index in [1.54, 1.807) is 29.0 Å². The van der Waals surface area contributed by atoms with Gasteiger partial charge < -0.3 is 4.74 Å². The van der Waals surface area contributed by atoms with Gasteiger partial charge in [0, 0.05) is 5.75 Å². The van der Waals surface area contributed by atoms with Crippen LogP contribution in [0.4, 0.5) is 4.39 Å². The van der Waals surface area contributed by atoms with Gasteiger partial charge in [-0.15, -0.1) is 11.7 Å². The first-order valence-electron chi connectivity index (χ1n) is 5.68. The molecule has 0 unspecified atom stereocenters. The van der Waals surface area contributed by atoms with Gasteiger partial charge in [0.25, 0.3) is 0 Å². The topological polar surface area (TPSA) is 52.8 Å². The van der Waals surface area contributed by atoms with Crippen molar-refractivity contribution in [3.63, 3.8) is 0 Å². The first-order valence-corrected chi connectivity index (χ1v) is 6.67. The van der Waals surface area contributed by atoms with Crippen molar-refractivity contribution in [3.8, 4) is 5.75 Å². The second kappa shape index (κ2) is 6.89. The molecule has 100 valence electrons. The Kier molecular flexibility index (Phi) is 4.91. The van der Waals surface area contributed by atoms with Crippen LogP contribution in [-0.4, -0.2) is 32.6 Å². The van der Waals surface area contributed by atoms with Crippen molar-refractivity contribution in [2.75, 3.05) is 12.4 Å². The van der Waals surface area contributed by atoms with Crippen LogP contribution >= 0.6 is 11.8 Å². The number of halogens is 1. The quantitative estimate of drug-likeness (QED) is 0.442. The third-order valence-electron chi connectivity index (χ3n) is 2.21. The molecule has 5 nitrogen and oxygen atoms in total. The minimum atomic E-state index is -0.357. The van der Waals surface area contributed by atoms with E-state index in [0.717, 1.165) is 0 Å². The average molecular weight is 280 g/mol. The third kappa shape index (κ3) is 3.78. The van der Waals surface area contributed by atoms with Gasteiger partial charge in [-0.25, -0.2) is 9.07 Å². The maximum absolute atomic E-state index is 13.3. The van der Waals surface area contributed by atoms with E-state index in [2.05, 4.69) is 22.1 Å². The van der Waals surface area contributed by atoms with Gasteiger partial charge in [-0.2, -0.15) is 0 Å². The van der Waals surface area contributed by atoms with Crippen LogP contribution in [0.5, 0.6) is 5.75 Å². The van der Waals surface area contributed by atoms with Crippen LogP contribution in [0.2, 0.25) is 0 Å². The summed E-state index contributed by atoms with van der Waals surface area (Å²) in [7, 11) is 0. The molecule has 0 saturated heterocycles. The van der Waals surface area contributed by atoms with Gasteiger partial charge in [0.15, 0.2) is 11.6 Å². The summed E-state index contributed by atoms with van der Waals surface area (Å²) >= 11 is 1.45. The van der Waals surface area contributed by atoms with Crippen LogP contribution in [0.25, 0.3) is 0 Å². The number of benzene rings is 1. The highest BCUT2D eigenvalue weighted by molar-refractivity contribution is 7.99. The predicted molar refractivity (Wildman–Crippen MR) is 70.6 cm³/mol. The molecule has 0 amide bonds. The summed E-state index contributed by atoms with van der Waals surface area (Å²) in [4.78, 5) is 0. The highest BCUT2D eigenvalue weighted by Crippen LogP contribution is 2.17. The molecule has 1 aromatic heterocycles. The summed E-state index contributed by atoms with van der Waals surface area (Å²) in [6.45, 7) is 4.57. The van der Waals surface area contributed by atoms with E-state index in [0.29, 0.717) is 24.1 Å². The Bertz CT molecular complexity index is 546. The number of hydrogen-bond acceptors (Lipinski definition) is 5. The number of tetrazole rings is 1. The first-order chi connectivity index (χ1) is 9.31. The van der Waals surface area contributed by atoms with E-state index in [1.807, 2.05) is 0 Å². The molecule has 0 saturated carbocycles. The van der Waals surface area contributed by atoms with Crippen LogP contribution in [-0.2, 0) is 6.54 Å². The Morgan fingerprint density at radius 3 is 3.05 bits per heavy atom. The van der Waals surface area contributed by atoms with Crippen molar-refractivity contribution in [2.24, 2.45) is 0 Å². The lowest BCUT2D eigenvalue weighted by molar-refractivity contribution is 0.324. The van der Waals surface area contributed by atoms with E-state index in [4.69, 9.17) is 4.74 Å². The summed E-state index contributed by atoms with van der Waals surface area (Å²) in [5.74, 6) is 0.532. The molecule has 1 heterocycles. The lowest BCUT2D eigenvalue weighted by atomic mass is 10.3. The molecule has 2 aromatic rings. The molecule has 0 aliphatic carbocycles. The molecule has 0 aliphatic heterocycles. The molecule has 0 radical (unpaired) electrons. The van der Waals surface area contributed by atoms with Crippen molar-refractivity contribution in [2.45, 2.75) is 11.7 Å². The monoisotopic (exact) mass is 280 g/mol. The zero-order valence-electron chi connectivity index (χ0n) is 10.2. The van der Waals surface area contributed by atoms with Crippen LogP contribution in [0, 0.1) is 5.82 Å². The van der Waals surface area contributed by atoms with E-state index in [1.165, 1.54) is 17.8 Å². The van der Waals surface area contributed by atoms with Gasteiger partial charge in [0.2, 0.25) is 5.16 Å². The number of ether oxygens (including phenoxy) is 1. The first kappa shape index (κ1) is 13.5. The molecule has 0 N–H and O–H groups in total. The minimum absolute atomic E-state index is 0.258. The van der Waals surface area contributed by atoms with Gasteiger partial charge in [-0.1, -0.05) is 30.0 Å². The molecule has 19 heavy (non-hydrogen) atoms. The number of allylic oxidation sites excluding steroid dienone is 1.